The molecule has 0 amide bonds. The first kappa shape index (κ1) is 16.3. The van der Waals surface area contributed by atoms with E-state index in [-0.39, 0.29) is 11.8 Å². The predicted octanol–water partition coefficient (Wildman–Crippen LogP) is 3.10. The number of H-pyrrole nitrogens is 2. The molecule has 0 spiro atoms. The van der Waals surface area contributed by atoms with E-state index >= 15 is 0 Å². The first-order chi connectivity index (χ1) is 11.8. The van der Waals surface area contributed by atoms with Crippen LogP contribution in [0.4, 0.5) is 0 Å². The van der Waals surface area contributed by atoms with Crippen molar-refractivity contribution in [3.63, 3.8) is 0 Å². The van der Waals surface area contributed by atoms with Gasteiger partial charge in [0.05, 0.1) is 5.60 Å². The summed E-state index contributed by atoms with van der Waals surface area (Å²) < 4.78 is 11.2. The standard InChI is InChI=1S/C19H22N2O4/c1-10-24-18(25-10)13-9-20-16-15(13)12-8-11(6-7-19(2,3)23)4-5-14(12)21-17(16)22/h4-5,8-10,18,20,23H,6-7H2,1-3H3,(H,21,22). The lowest BCUT2D eigenvalue weighted by Gasteiger charge is -2.33. The Hall–Kier alpha value is -2.15. The average Bonchev–Trinajstić information content (AvgIpc) is 2.95. The number of nitrogens with one attached hydrogen (secondary N) is 2. The van der Waals surface area contributed by atoms with Gasteiger partial charge in [-0.3, -0.25) is 4.79 Å². The van der Waals surface area contributed by atoms with E-state index in [4.69, 9.17) is 9.47 Å². The number of aromatic nitrogens is 2. The Morgan fingerprint density at radius 3 is 2.72 bits per heavy atom. The van der Waals surface area contributed by atoms with Gasteiger partial charge in [-0.05, 0) is 51.3 Å². The molecule has 3 N–H and O–H groups in total. The van der Waals surface area contributed by atoms with Crippen LogP contribution in [-0.2, 0) is 15.9 Å². The third-order valence-corrected chi connectivity index (χ3v) is 4.65. The Morgan fingerprint density at radius 1 is 1.28 bits per heavy atom. The Kier molecular flexibility index (Phi) is 3.72. The first-order valence-corrected chi connectivity index (χ1v) is 8.51. The summed E-state index contributed by atoms with van der Waals surface area (Å²) in [5.41, 5.74) is 2.37. The van der Waals surface area contributed by atoms with Gasteiger partial charge < -0.3 is 24.5 Å². The molecule has 4 rings (SSSR count). The molecule has 0 atom stereocenters. The molecule has 1 aliphatic heterocycles. The van der Waals surface area contributed by atoms with Crippen molar-refractivity contribution in [1.29, 1.82) is 0 Å². The van der Waals surface area contributed by atoms with Crippen LogP contribution in [0.5, 0.6) is 0 Å². The summed E-state index contributed by atoms with van der Waals surface area (Å²) in [6.45, 7) is 5.45. The van der Waals surface area contributed by atoms with Gasteiger partial charge in [0, 0.05) is 28.0 Å². The Labute approximate surface area is 144 Å². The third-order valence-electron chi connectivity index (χ3n) is 4.65. The topological polar surface area (TPSA) is 87.3 Å². The van der Waals surface area contributed by atoms with Gasteiger partial charge in [0.2, 0.25) is 0 Å². The third kappa shape index (κ3) is 2.97. The maximum Gasteiger partial charge on any atom is 0.272 e. The highest BCUT2D eigenvalue weighted by atomic mass is 16.9. The molecule has 132 valence electrons. The SMILES string of the molecule is CC1OC(c2c[nH]c3c(=O)[nH]c4ccc(CCC(C)(C)O)cc4c23)O1. The number of pyridine rings is 1. The van der Waals surface area contributed by atoms with Gasteiger partial charge in [-0.2, -0.15) is 0 Å². The van der Waals surface area contributed by atoms with Crippen molar-refractivity contribution in [1.82, 2.24) is 9.97 Å². The molecule has 1 aromatic carbocycles. The van der Waals surface area contributed by atoms with E-state index in [1.165, 1.54) is 0 Å². The molecular formula is C19H22N2O4. The summed E-state index contributed by atoms with van der Waals surface area (Å²) in [5.74, 6) is 0. The van der Waals surface area contributed by atoms with E-state index in [1.807, 2.05) is 19.1 Å². The molecular weight excluding hydrogens is 320 g/mol. The Morgan fingerprint density at radius 2 is 2.04 bits per heavy atom. The fraction of sp³-hybridized carbons (Fsp3) is 0.421. The molecule has 0 bridgehead atoms. The van der Waals surface area contributed by atoms with Gasteiger partial charge in [0.15, 0.2) is 12.6 Å². The zero-order valence-corrected chi connectivity index (χ0v) is 14.6. The maximum absolute atomic E-state index is 12.3. The number of aromatic amines is 2. The van der Waals surface area contributed by atoms with E-state index < -0.39 is 11.9 Å². The van der Waals surface area contributed by atoms with E-state index in [0.29, 0.717) is 11.9 Å². The van der Waals surface area contributed by atoms with Gasteiger partial charge in [-0.15, -0.1) is 0 Å². The van der Waals surface area contributed by atoms with Crippen molar-refractivity contribution in [2.45, 2.75) is 51.8 Å². The van der Waals surface area contributed by atoms with Crippen LogP contribution >= 0.6 is 0 Å². The molecule has 2 aromatic heterocycles. The van der Waals surface area contributed by atoms with Gasteiger partial charge in [0.1, 0.15) is 5.52 Å². The molecule has 1 saturated heterocycles. The number of ether oxygens (including phenoxy) is 2. The number of aliphatic hydroxyl groups is 1. The largest absolute Gasteiger partial charge is 0.390 e. The van der Waals surface area contributed by atoms with Crippen LogP contribution in [0.3, 0.4) is 0 Å². The molecule has 0 aliphatic carbocycles. The molecule has 0 radical (unpaired) electrons. The van der Waals surface area contributed by atoms with Crippen LogP contribution in [0, 0.1) is 0 Å². The van der Waals surface area contributed by atoms with Gasteiger partial charge in [-0.1, -0.05) is 6.07 Å². The van der Waals surface area contributed by atoms with Crippen LogP contribution in [0.2, 0.25) is 0 Å². The van der Waals surface area contributed by atoms with E-state index in [0.717, 1.165) is 33.8 Å². The molecule has 0 unspecified atom stereocenters. The van der Waals surface area contributed by atoms with Gasteiger partial charge in [-0.25, -0.2) is 0 Å². The summed E-state index contributed by atoms with van der Waals surface area (Å²) in [6.07, 6.45) is 2.52. The average molecular weight is 342 g/mol. The molecule has 1 fully saturated rings. The highest BCUT2D eigenvalue weighted by Gasteiger charge is 2.31. The quantitative estimate of drug-likeness (QED) is 0.680. The minimum Gasteiger partial charge on any atom is -0.390 e. The van der Waals surface area contributed by atoms with Crippen molar-refractivity contribution >= 4 is 21.8 Å². The Bertz CT molecular complexity index is 990. The number of rotatable bonds is 4. The molecule has 0 saturated carbocycles. The summed E-state index contributed by atoms with van der Waals surface area (Å²) in [7, 11) is 0. The highest BCUT2D eigenvalue weighted by molar-refractivity contribution is 6.06. The Balaban J connectivity index is 1.84. The molecule has 1 aliphatic rings. The number of hydrogen-bond donors (Lipinski definition) is 3. The lowest BCUT2D eigenvalue weighted by atomic mass is 9.97. The van der Waals surface area contributed by atoms with E-state index in [1.54, 1.807) is 20.0 Å². The van der Waals surface area contributed by atoms with Gasteiger partial charge in [0.25, 0.3) is 5.56 Å². The second-order valence-electron chi connectivity index (χ2n) is 7.31. The van der Waals surface area contributed by atoms with Gasteiger partial charge >= 0.3 is 0 Å². The molecule has 3 aromatic rings. The van der Waals surface area contributed by atoms with Crippen molar-refractivity contribution in [3.8, 4) is 0 Å². The predicted molar refractivity (Wildman–Crippen MR) is 95.4 cm³/mol. The monoisotopic (exact) mass is 342 g/mol. The molecule has 6 nitrogen and oxygen atoms in total. The number of hydrogen-bond acceptors (Lipinski definition) is 4. The summed E-state index contributed by atoms with van der Waals surface area (Å²) in [4.78, 5) is 18.3. The number of benzene rings is 1. The summed E-state index contributed by atoms with van der Waals surface area (Å²) in [6, 6.07) is 5.97. The van der Waals surface area contributed by atoms with Crippen LogP contribution < -0.4 is 5.56 Å². The minimum atomic E-state index is -0.710. The van der Waals surface area contributed by atoms with Crippen LogP contribution in [-0.4, -0.2) is 27.0 Å². The van der Waals surface area contributed by atoms with Crippen molar-refractivity contribution in [2.75, 3.05) is 0 Å². The normalized spacial score (nSPS) is 21.0. The van der Waals surface area contributed by atoms with Crippen LogP contribution in [0.25, 0.3) is 21.8 Å². The van der Waals surface area contributed by atoms with Crippen molar-refractivity contribution in [3.05, 3.63) is 45.9 Å². The number of aryl methyl sites for hydroxylation is 1. The zero-order valence-electron chi connectivity index (χ0n) is 14.6. The second kappa shape index (κ2) is 5.69. The van der Waals surface area contributed by atoms with Crippen LogP contribution in [0.15, 0.2) is 29.2 Å². The lowest BCUT2D eigenvalue weighted by Crippen LogP contribution is -2.31. The fourth-order valence-corrected chi connectivity index (χ4v) is 3.30. The van der Waals surface area contributed by atoms with E-state index in [9.17, 15) is 9.90 Å². The smallest absolute Gasteiger partial charge is 0.272 e. The number of fused-ring (bicyclic) bond motifs is 3. The van der Waals surface area contributed by atoms with Crippen LogP contribution in [0.1, 0.15) is 44.6 Å². The summed E-state index contributed by atoms with van der Waals surface area (Å²) >= 11 is 0. The van der Waals surface area contributed by atoms with Crippen molar-refractivity contribution in [2.24, 2.45) is 0 Å². The zero-order chi connectivity index (χ0) is 17.8. The molecule has 3 heterocycles. The molecule has 25 heavy (non-hydrogen) atoms. The van der Waals surface area contributed by atoms with E-state index in [2.05, 4.69) is 16.0 Å². The maximum atomic E-state index is 12.3. The highest BCUT2D eigenvalue weighted by Crippen LogP contribution is 2.37. The summed E-state index contributed by atoms with van der Waals surface area (Å²) in [5, 5.41) is 11.7. The minimum absolute atomic E-state index is 0.162. The molecule has 6 heteroatoms. The second-order valence-corrected chi connectivity index (χ2v) is 7.31. The first-order valence-electron chi connectivity index (χ1n) is 8.51. The van der Waals surface area contributed by atoms with Crippen molar-refractivity contribution < 1.29 is 14.6 Å². The fourth-order valence-electron chi connectivity index (χ4n) is 3.30. The lowest BCUT2D eigenvalue weighted by molar-refractivity contribution is -0.382.